The molecular weight excluding hydrogens is 294 g/mol. The SMILES string of the molecule is CC1CCC(C(Cl)c2ccc(F)c(Br)c2)O1. The van der Waals surface area contributed by atoms with Gasteiger partial charge in [-0.15, -0.1) is 11.6 Å². The lowest BCUT2D eigenvalue weighted by molar-refractivity contribution is 0.0533. The van der Waals surface area contributed by atoms with Gasteiger partial charge in [0.1, 0.15) is 5.82 Å². The minimum atomic E-state index is -0.270. The molecule has 0 aromatic heterocycles. The van der Waals surface area contributed by atoms with Crippen molar-refractivity contribution in [3.63, 3.8) is 0 Å². The fourth-order valence-electron chi connectivity index (χ4n) is 1.95. The standard InChI is InChI=1S/C12H13BrClFO/c1-7-2-5-11(16-7)12(14)8-3-4-10(15)9(13)6-8/h3-4,6-7,11-12H,2,5H2,1H3. The molecule has 0 radical (unpaired) electrons. The lowest BCUT2D eigenvalue weighted by Crippen LogP contribution is -2.14. The molecule has 1 aromatic rings. The highest BCUT2D eigenvalue weighted by Gasteiger charge is 2.29. The lowest BCUT2D eigenvalue weighted by Gasteiger charge is -2.18. The van der Waals surface area contributed by atoms with Gasteiger partial charge in [-0.05, 0) is 53.4 Å². The largest absolute Gasteiger partial charge is 0.373 e. The Labute approximate surface area is 108 Å². The zero-order chi connectivity index (χ0) is 11.7. The zero-order valence-electron chi connectivity index (χ0n) is 8.92. The summed E-state index contributed by atoms with van der Waals surface area (Å²) in [6.45, 7) is 2.05. The Kier molecular flexibility index (Phi) is 3.88. The average molecular weight is 308 g/mol. The van der Waals surface area contributed by atoms with Gasteiger partial charge in [0.2, 0.25) is 0 Å². The van der Waals surface area contributed by atoms with E-state index in [2.05, 4.69) is 15.9 Å². The smallest absolute Gasteiger partial charge is 0.137 e. The van der Waals surface area contributed by atoms with Crippen molar-refractivity contribution in [2.75, 3.05) is 0 Å². The van der Waals surface area contributed by atoms with E-state index in [1.807, 2.05) is 6.92 Å². The Hall–Kier alpha value is -0.120. The molecule has 1 aliphatic heterocycles. The van der Waals surface area contributed by atoms with Crippen LogP contribution in [0.4, 0.5) is 4.39 Å². The van der Waals surface area contributed by atoms with Crippen LogP contribution in [-0.2, 0) is 4.74 Å². The molecule has 3 unspecified atom stereocenters. The third-order valence-electron chi connectivity index (χ3n) is 2.85. The van der Waals surface area contributed by atoms with Gasteiger partial charge in [-0.1, -0.05) is 6.07 Å². The van der Waals surface area contributed by atoms with Gasteiger partial charge in [-0.3, -0.25) is 0 Å². The molecule has 1 aromatic carbocycles. The van der Waals surface area contributed by atoms with E-state index in [-0.39, 0.29) is 23.4 Å². The topological polar surface area (TPSA) is 9.23 Å². The van der Waals surface area contributed by atoms with Crippen LogP contribution >= 0.6 is 27.5 Å². The molecule has 0 N–H and O–H groups in total. The summed E-state index contributed by atoms with van der Waals surface area (Å²) in [7, 11) is 0. The predicted octanol–water partition coefficient (Wildman–Crippen LogP) is 4.44. The minimum Gasteiger partial charge on any atom is -0.373 e. The summed E-state index contributed by atoms with van der Waals surface area (Å²) in [5.74, 6) is -0.270. The first kappa shape index (κ1) is 12.3. The van der Waals surface area contributed by atoms with Gasteiger partial charge in [-0.25, -0.2) is 4.39 Å². The summed E-state index contributed by atoms with van der Waals surface area (Å²) in [5, 5.41) is -0.207. The van der Waals surface area contributed by atoms with E-state index in [9.17, 15) is 4.39 Å². The molecule has 1 saturated heterocycles. The second-order valence-electron chi connectivity index (χ2n) is 4.14. The van der Waals surface area contributed by atoms with Crippen LogP contribution in [0.5, 0.6) is 0 Å². The summed E-state index contributed by atoms with van der Waals surface area (Å²) in [6, 6.07) is 4.86. The molecule has 1 nitrogen and oxygen atoms in total. The Morgan fingerprint density at radius 1 is 1.50 bits per heavy atom. The van der Waals surface area contributed by atoms with Crippen molar-refractivity contribution in [3.8, 4) is 0 Å². The molecule has 1 heterocycles. The van der Waals surface area contributed by atoms with Crippen LogP contribution in [0.3, 0.4) is 0 Å². The van der Waals surface area contributed by atoms with Crippen molar-refractivity contribution in [2.24, 2.45) is 0 Å². The van der Waals surface area contributed by atoms with E-state index in [1.54, 1.807) is 12.1 Å². The van der Waals surface area contributed by atoms with Crippen LogP contribution in [0.1, 0.15) is 30.7 Å². The van der Waals surface area contributed by atoms with Crippen LogP contribution in [-0.4, -0.2) is 12.2 Å². The van der Waals surface area contributed by atoms with Crippen molar-refractivity contribution < 1.29 is 9.13 Å². The van der Waals surface area contributed by atoms with Crippen LogP contribution in [0, 0.1) is 5.82 Å². The number of benzene rings is 1. The summed E-state index contributed by atoms with van der Waals surface area (Å²) >= 11 is 9.49. The lowest BCUT2D eigenvalue weighted by atomic mass is 10.0. The zero-order valence-corrected chi connectivity index (χ0v) is 11.3. The minimum absolute atomic E-state index is 0.0361. The molecular formula is C12H13BrClFO. The van der Waals surface area contributed by atoms with E-state index < -0.39 is 0 Å². The highest BCUT2D eigenvalue weighted by molar-refractivity contribution is 9.10. The van der Waals surface area contributed by atoms with Crippen molar-refractivity contribution in [3.05, 3.63) is 34.1 Å². The highest BCUT2D eigenvalue weighted by atomic mass is 79.9. The highest BCUT2D eigenvalue weighted by Crippen LogP contribution is 2.35. The first-order valence-corrected chi connectivity index (χ1v) is 6.55. The molecule has 0 spiro atoms. The first-order valence-electron chi connectivity index (χ1n) is 5.32. The van der Waals surface area contributed by atoms with Gasteiger partial charge in [-0.2, -0.15) is 0 Å². The Balaban J connectivity index is 2.14. The van der Waals surface area contributed by atoms with E-state index in [1.165, 1.54) is 6.07 Å². The fourth-order valence-corrected chi connectivity index (χ4v) is 2.66. The van der Waals surface area contributed by atoms with Crippen LogP contribution in [0.2, 0.25) is 0 Å². The average Bonchev–Trinajstić information content (AvgIpc) is 2.68. The van der Waals surface area contributed by atoms with Crippen LogP contribution in [0.25, 0.3) is 0 Å². The van der Waals surface area contributed by atoms with Gasteiger partial charge >= 0.3 is 0 Å². The van der Waals surface area contributed by atoms with E-state index in [0.717, 1.165) is 18.4 Å². The van der Waals surface area contributed by atoms with E-state index in [4.69, 9.17) is 16.3 Å². The molecule has 0 bridgehead atoms. The Bertz CT molecular complexity index is 385. The van der Waals surface area contributed by atoms with E-state index in [0.29, 0.717) is 4.47 Å². The third kappa shape index (κ3) is 2.58. The Morgan fingerprint density at radius 3 is 2.81 bits per heavy atom. The van der Waals surface area contributed by atoms with Crippen molar-refractivity contribution in [1.82, 2.24) is 0 Å². The van der Waals surface area contributed by atoms with Crippen LogP contribution < -0.4 is 0 Å². The maximum absolute atomic E-state index is 13.1. The second kappa shape index (κ2) is 5.03. The summed E-state index contributed by atoms with van der Waals surface area (Å²) in [5.41, 5.74) is 0.897. The molecule has 0 aliphatic carbocycles. The molecule has 1 aliphatic rings. The summed E-state index contributed by atoms with van der Waals surface area (Å²) in [4.78, 5) is 0. The summed E-state index contributed by atoms with van der Waals surface area (Å²) < 4.78 is 19.2. The molecule has 88 valence electrons. The quantitative estimate of drug-likeness (QED) is 0.734. The molecule has 4 heteroatoms. The molecule has 3 atom stereocenters. The normalized spacial score (nSPS) is 27.0. The van der Waals surface area contributed by atoms with Crippen molar-refractivity contribution in [1.29, 1.82) is 0 Å². The number of alkyl halides is 1. The van der Waals surface area contributed by atoms with Gasteiger partial charge in [0.15, 0.2) is 0 Å². The number of halogens is 3. The molecule has 1 fully saturated rings. The number of hydrogen-bond donors (Lipinski definition) is 0. The summed E-state index contributed by atoms with van der Waals surface area (Å²) in [6.07, 6.45) is 2.31. The van der Waals surface area contributed by atoms with Gasteiger partial charge < -0.3 is 4.74 Å². The monoisotopic (exact) mass is 306 g/mol. The van der Waals surface area contributed by atoms with E-state index >= 15 is 0 Å². The number of rotatable bonds is 2. The molecule has 0 amide bonds. The number of ether oxygens (including phenoxy) is 1. The van der Waals surface area contributed by atoms with Crippen molar-refractivity contribution in [2.45, 2.75) is 37.4 Å². The maximum Gasteiger partial charge on any atom is 0.137 e. The molecule has 0 saturated carbocycles. The molecule has 16 heavy (non-hydrogen) atoms. The number of hydrogen-bond acceptors (Lipinski definition) is 1. The predicted molar refractivity (Wildman–Crippen MR) is 66.3 cm³/mol. The maximum atomic E-state index is 13.1. The van der Waals surface area contributed by atoms with Crippen LogP contribution in [0.15, 0.2) is 22.7 Å². The third-order valence-corrected chi connectivity index (χ3v) is 3.99. The Morgan fingerprint density at radius 2 is 2.25 bits per heavy atom. The molecule has 2 rings (SSSR count). The van der Waals surface area contributed by atoms with Gasteiger partial charge in [0.05, 0.1) is 22.1 Å². The van der Waals surface area contributed by atoms with Gasteiger partial charge in [0, 0.05) is 0 Å². The van der Waals surface area contributed by atoms with Crippen molar-refractivity contribution >= 4 is 27.5 Å². The van der Waals surface area contributed by atoms with Gasteiger partial charge in [0.25, 0.3) is 0 Å². The fraction of sp³-hybridized carbons (Fsp3) is 0.500. The first-order chi connectivity index (χ1) is 7.58. The second-order valence-corrected chi connectivity index (χ2v) is 5.46.